The van der Waals surface area contributed by atoms with Crippen molar-refractivity contribution in [3.63, 3.8) is 0 Å². The van der Waals surface area contributed by atoms with Crippen LogP contribution in [0.15, 0.2) is 133 Å². The van der Waals surface area contributed by atoms with Crippen molar-refractivity contribution in [3.05, 3.63) is 173 Å². The highest BCUT2D eigenvalue weighted by Gasteiger charge is 2.14. The number of carbonyl (C=O) groups is 2. The molecule has 0 aliphatic carbocycles. The zero-order valence-corrected chi connectivity index (χ0v) is 31.4. The van der Waals surface area contributed by atoms with Gasteiger partial charge in [-0.2, -0.15) is 19.9 Å². The van der Waals surface area contributed by atoms with Crippen LogP contribution in [0.4, 0.5) is 23.3 Å². The van der Waals surface area contributed by atoms with Crippen LogP contribution < -0.4 is 15.4 Å². The molecule has 6 rings (SSSR count). The second-order valence-electron chi connectivity index (χ2n) is 13.2. The first-order chi connectivity index (χ1) is 27.1. The summed E-state index contributed by atoms with van der Waals surface area (Å²) in [6.07, 6.45) is 2.32. The first-order valence-corrected chi connectivity index (χ1v) is 18.1. The van der Waals surface area contributed by atoms with Gasteiger partial charge in [0.1, 0.15) is 29.0 Å². The Hall–Kier alpha value is -7.08. The summed E-state index contributed by atoms with van der Waals surface area (Å²) < 4.78 is 10.7. The van der Waals surface area contributed by atoms with Crippen LogP contribution in [0.5, 0.6) is 5.75 Å². The Balaban J connectivity index is 1.22. The van der Waals surface area contributed by atoms with Gasteiger partial charge < -0.3 is 20.1 Å². The fourth-order valence-electron chi connectivity index (χ4n) is 5.53. The number of anilines is 4. The Morgan fingerprint density at radius 3 is 1.54 bits per heavy atom. The molecule has 0 amide bonds. The molecule has 0 spiro atoms. The Labute approximate surface area is 325 Å². The fourth-order valence-corrected chi connectivity index (χ4v) is 5.53. The van der Waals surface area contributed by atoms with Crippen molar-refractivity contribution in [2.45, 2.75) is 46.0 Å². The van der Waals surface area contributed by atoms with Gasteiger partial charge in [0, 0.05) is 48.2 Å². The fraction of sp³-hybridized carbons (Fsp3) is 0.182. The molecule has 12 heteroatoms. The van der Waals surface area contributed by atoms with E-state index < -0.39 is 11.9 Å². The van der Waals surface area contributed by atoms with Gasteiger partial charge in [-0.25, -0.2) is 19.6 Å². The normalized spacial score (nSPS) is 10.7. The van der Waals surface area contributed by atoms with Gasteiger partial charge in [-0.05, 0) is 73.4 Å². The molecule has 0 radical (unpaired) electrons. The third kappa shape index (κ3) is 11.7. The first kappa shape index (κ1) is 38.6. The van der Waals surface area contributed by atoms with Crippen LogP contribution in [-0.2, 0) is 40.0 Å². The third-order valence-corrected chi connectivity index (χ3v) is 8.18. The van der Waals surface area contributed by atoms with Crippen molar-refractivity contribution < 1.29 is 19.1 Å². The highest BCUT2D eigenvalue weighted by Crippen LogP contribution is 2.21. The summed E-state index contributed by atoms with van der Waals surface area (Å²) in [5.74, 6) is 2.69. The summed E-state index contributed by atoms with van der Waals surface area (Å²) in [5.41, 5.74) is 5.23. The van der Waals surface area contributed by atoms with Crippen molar-refractivity contribution in [1.29, 1.82) is 0 Å². The predicted octanol–water partition coefficient (Wildman–Crippen LogP) is 7.85. The number of carbonyl (C=O) groups excluding carboxylic acids is 2. The minimum atomic E-state index is -0.486. The van der Waals surface area contributed by atoms with Gasteiger partial charge >= 0.3 is 11.9 Å². The lowest BCUT2D eigenvalue weighted by Crippen LogP contribution is -2.11. The van der Waals surface area contributed by atoms with Crippen LogP contribution in [0, 0.1) is 0 Å². The molecule has 2 N–H and O–H groups in total. The number of rotatable bonds is 17. The molecule has 0 saturated heterocycles. The van der Waals surface area contributed by atoms with E-state index in [1.807, 2.05) is 91.0 Å². The van der Waals surface area contributed by atoms with Crippen molar-refractivity contribution in [2.24, 2.45) is 0 Å². The monoisotopic (exact) mass is 746 g/mol. The topological polar surface area (TPSA) is 154 Å². The van der Waals surface area contributed by atoms with Crippen LogP contribution >= 0.6 is 0 Å². The van der Waals surface area contributed by atoms with Crippen LogP contribution in [0.3, 0.4) is 0 Å². The van der Waals surface area contributed by atoms with Crippen molar-refractivity contribution in [2.75, 3.05) is 17.2 Å². The molecular formula is C44H42N8O4. The van der Waals surface area contributed by atoms with Crippen molar-refractivity contribution >= 4 is 35.2 Å². The van der Waals surface area contributed by atoms with E-state index >= 15 is 0 Å². The number of nitrogens with one attached hydrogen (secondary N) is 2. The number of benzene rings is 4. The number of para-hydroxylation sites is 2. The molecule has 56 heavy (non-hydrogen) atoms. The van der Waals surface area contributed by atoms with Gasteiger partial charge in [0.05, 0.1) is 6.61 Å². The van der Waals surface area contributed by atoms with Crippen LogP contribution in [0.25, 0.3) is 0 Å². The summed E-state index contributed by atoms with van der Waals surface area (Å²) in [6, 6.07) is 34.8. The van der Waals surface area contributed by atoms with Gasteiger partial charge in [0.15, 0.2) is 0 Å². The number of nitrogens with zero attached hydrogens (tertiary/aromatic N) is 6. The molecule has 6 aromatic rings. The van der Waals surface area contributed by atoms with E-state index in [4.69, 9.17) is 34.4 Å². The van der Waals surface area contributed by atoms with E-state index in [-0.39, 0.29) is 6.61 Å². The molecule has 0 saturated carbocycles. The molecule has 12 nitrogen and oxygen atoms in total. The number of aromatic nitrogens is 6. The van der Waals surface area contributed by atoms with Gasteiger partial charge in [0.25, 0.3) is 0 Å². The minimum absolute atomic E-state index is 0.231. The van der Waals surface area contributed by atoms with E-state index in [2.05, 4.69) is 34.8 Å². The standard InChI is InChI=1S/C44H42N8O4/c1-29(2)41(53)55-23-13-22-37-47-38(50-43(49-37)45-34-17-7-5-8-18-34)26-31-14-11-15-32(24-31)27-39-48-40(52-44(51-39)46-35-19-9-6-10-20-35)28-33-16-12-21-36(25-33)56-42(54)30(3)4/h5-12,14-21,24-25H,1,3,13,22-23,26-28H2,2,4H3,(H,45,47,49,50)(H,46,48,51,52). The average Bonchev–Trinajstić information content (AvgIpc) is 3.17. The maximum Gasteiger partial charge on any atom is 0.338 e. The van der Waals surface area contributed by atoms with E-state index in [1.165, 1.54) is 0 Å². The third-order valence-electron chi connectivity index (χ3n) is 8.18. The number of esters is 2. The molecule has 0 unspecified atom stereocenters. The SMILES string of the molecule is C=C(C)C(=O)OCCCc1nc(Cc2cccc(Cc3nc(Cc4cccc(OC(=O)C(=C)C)c4)nc(Nc4ccccc4)n3)c2)nc(Nc2ccccc2)n1. The molecular weight excluding hydrogens is 705 g/mol. The lowest BCUT2D eigenvalue weighted by atomic mass is 10.1. The summed E-state index contributed by atoms with van der Waals surface area (Å²) in [6.45, 7) is 10.8. The minimum Gasteiger partial charge on any atom is -0.462 e. The van der Waals surface area contributed by atoms with Gasteiger partial charge in [0.2, 0.25) is 11.9 Å². The predicted molar refractivity (Wildman–Crippen MR) is 215 cm³/mol. The molecule has 0 atom stereocenters. The van der Waals surface area contributed by atoms with Crippen molar-refractivity contribution in [3.8, 4) is 5.75 Å². The second-order valence-corrected chi connectivity index (χ2v) is 13.2. The lowest BCUT2D eigenvalue weighted by Gasteiger charge is -2.11. The van der Waals surface area contributed by atoms with Gasteiger partial charge in [-0.1, -0.05) is 86.0 Å². The van der Waals surface area contributed by atoms with Crippen molar-refractivity contribution in [1.82, 2.24) is 29.9 Å². The average molecular weight is 747 g/mol. The molecule has 282 valence electrons. The highest BCUT2D eigenvalue weighted by molar-refractivity contribution is 5.88. The molecule has 4 aromatic carbocycles. The largest absolute Gasteiger partial charge is 0.462 e. The smallest absolute Gasteiger partial charge is 0.338 e. The Morgan fingerprint density at radius 1 is 0.554 bits per heavy atom. The lowest BCUT2D eigenvalue weighted by molar-refractivity contribution is -0.139. The summed E-state index contributed by atoms with van der Waals surface area (Å²) in [7, 11) is 0. The Bertz CT molecular complexity index is 2330. The van der Waals surface area contributed by atoms with Crippen LogP contribution in [-0.4, -0.2) is 48.4 Å². The first-order valence-electron chi connectivity index (χ1n) is 18.1. The molecule has 0 fully saturated rings. The molecule has 0 aliphatic rings. The zero-order chi connectivity index (χ0) is 39.3. The van der Waals surface area contributed by atoms with Gasteiger partial charge in [-0.3, -0.25) is 0 Å². The van der Waals surface area contributed by atoms with E-state index in [9.17, 15) is 9.59 Å². The number of hydrogen-bond donors (Lipinski definition) is 2. The number of aryl methyl sites for hydroxylation is 1. The second kappa shape index (κ2) is 18.8. The molecule has 2 heterocycles. The van der Waals surface area contributed by atoms with E-state index in [1.54, 1.807) is 26.0 Å². The maximum atomic E-state index is 12.1. The van der Waals surface area contributed by atoms with Gasteiger partial charge in [-0.15, -0.1) is 0 Å². The van der Waals surface area contributed by atoms with E-state index in [0.717, 1.165) is 28.1 Å². The number of ether oxygens (including phenoxy) is 2. The summed E-state index contributed by atoms with van der Waals surface area (Å²) in [5, 5.41) is 6.59. The maximum absolute atomic E-state index is 12.1. The van der Waals surface area contributed by atoms with Crippen LogP contribution in [0.1, 0.15) is 60.3 Å². The van der Waals surface area contributed by atoms with E-state index in [0.29, 0.717) is 84.2 Å². The molecule has 0 bridgehead atoms. The molecule has 2 aromatic heterocycles. The quantitative estimate of drug-likeness (QED) is 0.0404. The highest BCUT2D eigenvalue weighted by atomic mass is 16.5. The molecule has 0 aliphatic heterocycles. The summed E-state index contributed by atoms with van der Waals surface area (Å²) >= 11 is 0. The Kier molecular flexibility index (Phi) is 13.0. The zero-order valence-electron chi connectivity index (χ0n) is 31.4. The van der Waals surface area contributed by atoms with Crippen LogP contribution in [0.2, 0.25) is 0 Å². The Morgan fingerprint density at radius 2 is 1.02 bits per heavy atom. The summed E-state index contributed by atoms with van der Waals surface area (Å²) in [4.78, 5) is 52.5. The number of hydrogen-bond acceptors (Lipinski definition) is 12.